The summed E-state index contributed by atoms with van der Waals surface area (Å²) < 4.78 is 53.1. The fourth-order valence-electron chi connectivity index (χ4n) is 4.83. The average Bonchev–Trinajstić information content (AvgIpc) is 2.74. The lowest BCUT2D eigenvalue weighted by atomic mass is 9.77. The Balaban J connectivity index is 1.54. The minimum absolute atomic E-state index is 0.00552. The molecule has 1 saturated carbocycles. The summed E-state index contributed by atoms with van der Waals surface area (Å²) in [5, 5.41) is 0.463. The normalized spacial score (nSPS) is 19.9. The molecular formula is C26H26F4. The minimum Gasteiger partial charge on any atom is -0.206 e. The lowest BCUT2D eigenvalue weighted by molar-refractivity contribution is -0.139. The summed E-state index contributed by atoms with van der Waals surface area (Å²) >= 11 is 0. The molecule has 0 N–H and O–H groups in total. The van der Waals surface area contributed by atoms with Crippen LogP contribution in [0.25, 0.3) is 21.9 Å². The third-order valence-corrected chi connectivity index (χ3v) is 6.52. The van der Waals surface area contributed by atoms with E-state index in [2.05, 4.69) is 31.2 Å². The third-order valence-electron chi connectivity index (χ3n) is 6.52. The Labute approximate surface area is 174 Å². The molecule has 0 unspecified atom stereocenters. The van der Waals surface area contributed by atoms with Crippen molar-refractivity contribution in [1.29, 1.82) is 0 Å². The van der Waals surface area contributed by atoms with Crippen LogP contribution in [0.3, 0.4) is 0 Å². The van der Waals surface area contributed by atoms with Gasteiger partial charge in [-0.15, -0.1) is 0 Å². The number of hydrogen-bond donors (Lipinski definition) is 0. The van der Waals surface area contributed by atoms with Crippen LogP contribution in [0.4, 0.5) is 17.6 Å². The zero-order valence-corrected chi connectivity index (χ0v) is 17.1. The first kappa shape index (κ1) is 20.9. The number of halogens is 4. The van der Waals surface area contributed by atoms with Gasteiger partial charge in [-0.3, -0.25) is 0 Å². The van der Waals surface area contributed by atoms with Crippen molar-refractivity contribution in [1.82, 2.24) is 0 Å². The number of fused-ring (bicyclic) bond motifs is 1. The van der Waals surface area contributed by atoms with Crippen LogP contribution in [-0.2, 0) is 6.18 Å². The fourth-order valence-corrected chi connectivity index (χ4v) is 4.83. The van der Waals surface area contributed by atoms with E-state index in [-0.39, 0.29) is 5.39 Å². The van der Waals surface area contributed by atoms with Gasteiger partial charge in [0.25, 0.3) is 0 Å². The highest BCUT2D eigenvalue weighted by atomic mass is 19.4. The first-order valence-corrected chi connectivity index (χ1v) is 10.8. The van der Waals surface area contributed by atoms with Gasteiger partial charge in [0.1, 0.15) is 5.82 Å². The second kappa shape index (κ2) is 8.41. The summed E-state index contributed by atoms with van der Waals surface area (Å²) in [4.78, 5) is 0. The quantitative estimate of drug-likeness (QED) is 0.374. The van der Waals surface area contributed by atoms with Crippen LogP contribution in [0, 0.1) is 11.7 Å². The molecule has 0 nitrogen and oxygen atoms in total. The van der Waals surface area contributed by atoms with Crippen molar-refractivity contribution in [3.8, 4) is 11.1 Å². The first-order valence-electron chi connectivity index (χ1n) is 10.8. The van der Waals surface area contributed by atoms with Crippen molar-refractivity contribution < 1.29 is 17.6 Å². The molecule has 158 valence electrons. The predicted octanol–water partition coefficient (Wildman–Crippen LogP) is 8.74. The number of hydrogen-bond acceptors (Lipinski definition) is 0. The van der Waals surface area contributed by atoms with Crippen LogP contribution >= 0.6 is 0 Å². The largest absolute Gasteiger partial charge is 0.419 e. The SMILES string of the molecule is CCCC1CCC(c2ccc(-c3ccc4c(F)c(C(F)(F)F)ccc4c3)cc2)CC1. The molecular weight excluding hydrogens is 388 g/mol. The zero-order chi connectivity index (χ0) is 21.3. The molecule has 1 fully saturated rings. The molecule has 4 rings (SSSR count). The molecule has 30 heavy (non-hydrogen) atoms. The van der Waals surface area contributed by atoms with Crippen molar-refractivity contribution in [3.63, 3.8) is 0 Å². The van der Waals surface area contributed by atoms with Gasteiger partial charge in [-0.05, 0) is 71.7 Å². The molecule has 3 aromatic carbocycles. The topological polar surface area (TPSA) is 0 Å². The van der Waals surface area contributed by atoms with Gasteiger partial charge < -0.3 is 0 Å². The number of rotatable bonds is 4. The molecule has 0 radical (unpaired) electrons. The van der Waals surface area contributed by atoms with Crippen LogP contribution < -0.4 is 0 Å². The standard InChI is InChI=1S/C26H26F4/c1-2-3-17-4-6-18(7-5-17)19-8-10-20(11-9-19)21-12-14-23-22(16-21)13-15-24(25(23)27)26(28,29)30/h8-18H,2-7H2,1H3. The van der Waals surface area contributed by atoms with Gasteiger partial charge in [0.2, 0.25) is 0 Å². The van der Waals surface area contributed by atoms with E-state index in [1.165, 1.54) is 56.2 Å². The summed E-state index contributed by atoms with van der Waals surface area (Å²) in [5.74, 6) is 0.278. The maximum Gasteiger partial charge on any atom is 0.419 e. The van der Waals surface area contributed by atoms with E-state index < -0.39 is 17.6 Å². The number of benzene rings is 3. The second-order valence-electron chi connectivity index (χ2n) is 8.49. The van der Waals surface area contributed by atoms with E-state index in [9.17, 15) is 17.6 Å². The van der Waals surface area contributed by atoms with Gasteiger partial charge in [-0.2, -0.15) is 13.2 Å². The Kier molecular flexibility index (Phi) is 5.86. The maximum atomic E-state index is 14.3. The number of alkyl halides is 3. The first-order chi connectivity index (χ1) is 14.4. The molecule has 4 heteroatoms. The van der Waals surface area contributed by atoms with Crippen molar-refractivity contribution in [3.05, 3.63) is 71.5 Å². The van der Waals surface area contributed by atoms with E-state index in [1.54, 1.807) is 12.1 Å². The van der Waals surface area contributed by atoms with Crippen LogP contribution in [0.15, 0.2) is 54.6 Å². The molecule has 0 saturated heterocycles. The van der Waals surface area contributed by atoms with Crippen LogP contribution in [0.1, 0.15) is 62.5 Å². The summed E-state index contributed by atoms with van der Waals surface area (Å²) in [6, 6.07) is 15.5. The molecule has 0 amide bonds. The van der Waals surface area contributed by atoms with Crippen LogP contribution in [-0.4, -0.2) is 0 Å². The summed E-state index contributed by atoms with van der Waals surface area (Å²) in [5.41, 5.74) is 2.00. The van der Waals surface area contributed by atoms with Crippen LogP contribution in [0.5, 0.6) is 0 Å². The Morgan fingerprint density at radius 1 is 0.833 bits per heavy atom. The molecule has 0 aliphatic heterocycles. The molecule has 0 aromatic heterocycles. The van der Waals surface area contributed by atoms with E-state index >= 15 is 0 Å². The molecule has 0 spiro atoms. The molecule has 1 aliphatic rings. The lowest BCUT2D eigenvalue weighted by Crippen LogP contribution is -2.13. The highest BCUT2D eigenvalue weighted by Gasteiger charge is 2.34. The minimum atomic E-state index is -4.69. The Hall–Kier alpha value is -2.36. The third kappa shape index (κ3) is 4.23. The zero-order valence-electron chi connectivity index (χ0n) is 17.1. The molecule has 1 aliphatic carbocycles. The van der Waals surface area contributed by atoms with Gasteiger partial charge in [-0.1, -0.05) is 62.2 Å². The van der Waals surface area contributed by atoms with Gasteiger partial charge in [-0.25, -0.2) is 4.39 Å². The molecule has 0 heterocycles. The Bertz CT molecular complexity index is 1010. The van der Waals surface area contributed by atoms with E-state index in [4.69, 9.17) is 0 Å². The van der Waals surface area contributed by atoms with Crippen molar-refractivity contribution in [2.45, 2.75) is 57.5 Å². The van der Waals surface area contributed by atoms with Gasteiger partial charge in [0, 0.05) is 5.39 Å². The lowest BCUT2D eigenvalue weighted by Gasteiger charge is -2.28. The molecule has 3 aromatic rings. The molecule has 0 bridgehead atoms. The monoisotopic (exact) mass is 414 g/mol. The van der Waals surface area contributed by atoms with E-state index in [0.717, 1.165) is 23.1 Å². The van der Waals surface area contributed by atoms with Crippen LogP contribution in [0.2, 0.25) is 0 Å². The Morgan fingerprint density at radius 2 is 1.50 bits per heavy atom. The van der Waals surface area contributed by atoms with Crippen molar-refractivity contribution in [2.75, 3.05) is 0 Å². The van der Waals surface area contributed by atoms with Gasteiger partial charge in [0.05, 0.1) is 5.56 Å². The highest BCUT2D eigenvalue weighted by Crippen LogP contribution is 2.39. The summed E-state index contributed by atoms with van der Waals surface area (Å²) in [6.07, 6.45) is 2.98. The van der Waals surface area contributed by atoms with E-state index in [1.807, 2.05) is 0 Å². The fraction of sp³-hybridized carbons (Fsp3) is 0.385. The Morgan fingerprint density at radius 3 is 2.13 bits per heavy atom. The smallest absolute Gasteiger partial charge is 0.206 e. The van der Waals surface area contributed by atoms with Crippen molar-refractivity contribution in [2.24, 2.45) is 5.92 Å². The predicted molar refractivity (Wildman–Crippen MR) is 114 cm³/mol. The average molecular weight is 414 g/mol. The molecule has 0 atom stereocenters. The summed E-state index contributed by atoms with van der Waals surface area (Å²) in [6.45, 7) is 2.25. The van der Waals surface area contributed by atoms with Gasteiger partial charge >= 0.3 is 6.18 Å². The van der Waals surface area contributed by atoms with Crippen molar-refractivity contribution >= 4 is 10.8 Å². The summed E-state index contributed by atoms with van der Waals surface area (Å²) in [7, 11) is 0. The maximum absolute atomic E-state index is 14.3. The highest BCUT2D eigenvalue weighted by molar-refractivity contribution is 5.88. The van der Waals surface area contributed by atoms with Gasteiger partial charge in [0.15, 0.2) is 0 Å². The second-order valence-corrected chi connectivity index (χ2v) is 8.49. The van der Waals surface area contributed by atoms with E-state index in [0.29, 0.717) is 11.3 Å².